The Labute approximate surface area is 617 Å². The van der Waals surface area contributed by atoms with Gasteiger partial charge < -0.3 is 47.2 Å². The first-order valence-corrected chi connectivity index (χ1v) is 38.7. The number of nitrogens with zero attached hydrogens (tertiary/aromatic N) is 12. The number of aryl methyl sites for hydroxylation is 3. The summed E-state index contributed by atoms with van der Waals surface area (Å²) < 4.78 is 72.1. The van der Waals surface area contributed by atoms with Crippen LogP contribution in [0, 0.1) is 0 Å². The van der Waals surface area contributed by atoms with E-state index < -0.39 is 41.2 Å². The largest absolute Gasteiger partial charge is 0.395 e. The quantitative estimate of drug-likeness (QED) is 0.0302. The van der Waals surface area contributed by atoms with Crippen molar-refractivity contribution in [1.29, 1.82) is 0 Å². The van der Waals surface area contributed by atoms with Gasteiger partial charge in [0.25, 0.3) is 0 Å². The van der Waals surface area contributed by atoms with Gasteiger partial charge in [-0.15, -0.1) is 34.0 Å². The zero-order valence-electron chi connectivity index (χ0n) is 59.8. The van der Waals surface area contributed by atoms with Crippen LogP contribution in [0.25, 0.3) is 32.7 Å². The molecule has 32 heteroatoms. The predicted octanol–water partition coefficient (Wildman–Crippen LogP) is 9.94. The van der Waals surface area contributed by atoms with E-state index in [0.29, 0.717) is 70.5 Å². The van der Waals surface area contributed by atoms with Crippen LogP contribution in [0.4, 0.5) is 39.4 Å². The van der Waals surface area contributed by atoms with Crippen molar-refractivity contribution in [3.63, 3.8) is 0 Å². The fourth-order valence-electron chi connectivity index (χ4n) is 15.6. The second-order valence-electron chi connectivity index (χ2n) is 29.3. The molecule has 3 aliphatic carbocycles. The van der Waals surface area contributed by atoms with Crippen molar-refractivity contribution in [2.45, 2.75) is 175 Å². The number of likely N-dealkylation sites (tertiary alicyclic amines) is 3. The summed E-state index contributed by atoms with van der Waals surface area (Å²) in [6.45, 7) is 9.21. The number of anilines is 3. The molecule has 15 rings (SSSR count). The number of alkyl halides is 5. The van der Waals surface area contributed by atoms with Gasteiger partial charge in [0.1, 0.15) is 34.2 Å². The molecule has 24 nitrogen and oxygen atoms in total. The van der Waals surface area contributed by atoms with Crippen LogP contribution in [-0.2, 0) is 52.3 Å². The highest BCUT2D eigenvalue weighted by Crippen LogP contribution is 2.44. The highest BCUT2D eigenvalue weighted by Gasteiger charge is 2.45. The van der Waals surface area contributed by atoms with Crippen molar-refractivity contribution >= 4 is 102 Å². The van der Waals surface area contributed by atoms with Gasteiger partial charge in [0.2, 0.25) is 17.7 Å². The van der Waals surface area contributed by atoms with E-state index in [2.05, 4.69) is 76.8 Å². The van der Waals surface area contributed by atoms with Crippen molar-refractivity contribution < 1.29 is 51.7 Å². The van der Waals surface area contributed by atoms with E-state index in [4.69, 9.17) is 0 Å². The van der Waals surface area contributed by atoms with Gasteiger partial charge in [-0.2, -0.15) is 28.5 Å². The third-order valence-corrected chi connectivity index (χ3v) is 25.0. The number of aliphatic hydroxyl groups is 3. The lowest BCUT2D eigenvalue weighted by Crippen LogP contribution is -2.63. The first-order valence-electron chi connectivity index (χ1n) is 36.1. The minimum Gasteiger partial charge on any atom is -0.384 e. The topological polar surface area (TPSA) is 286 Å². The molecule has 6 fully saturated rings. The number of hydrogen-bond acceptors (Lipinski definition) is 21. The van der Waals surface area contributed by atoms with Gasteiger partial charge in [-0.25, -0.2) is 13.8 Å². The first-order chi connectivity index (χ1) is 50.2. The number of thiazole rings is 3. The Balaban J connectivity index is 0.000000140. The van der Waals surface area contributed by atoms with E-state index in [1.807, 2.05) is 31.6 Å². The summed E-state index contributed by atoms with van der Waals surface area (Å²) in [5, 5.41) is 69.3. The van der Waals surface area contributed by atoms with Crippen molar-refractivity contribution in [1.82, 2.24) is 74.9 Å². The molecule has 3 saturated heterocycles. The Bertz CT molecular complexity index is 4250. The molecule has 0 bridgehead atoms. The molecule has 9 aromatic rings. The molecule has 6 aliphatic rings. The summed E-state index contributed by atoms with van der Waals surface area (Å²) in [5.74, 6) is -0.398. The fraction of sp³-hybridized carbons (Fsp3) is 0.548. The highest BCUT2D eigenvalue weighted by atomic mass is 32.1. The maximum atomic E-state index is 13.7. The normalized spacial score (nSPS) is 24.5. The number of fused-ring (bicyclic) bond motifs is 3. The van der Waals surface area contributed by atoms with E-state index in [9.17, 15) is 51.7 Å². The van der Waals surface area contributed by atoms with E-state index in [0.717, 1.165) is 147 Å². The SMILES string of the molecule is CC(F)c1ccc2c(c1)c(NCC(=O)NC1CN(C3CCC(O)(c4cncs4)CC3)C1)nn2C.CC(F)c1ccc2c(c1)c(NCC(=O)NC1CN(C3CCC(O)(c4nccs4)CC3)C1)nn2C.CC(c1ccc2c(c1)c(NCC(=O)NC1CN(C3CCC(O)(c4cncs4)CC3)C1)nn2C)C(F)(F)F. The molecule has 6 aromatic heterocycles. The first kappa shape index (κ1) is 75.4. The highest BCUT2D eigenvalue weighted by molar-refractivity contribution is 7.10. The molecule has 3 unspecified atom stereocenters. The third kappa shape index (κ3) is 17.1. The number of hydrogen-bond donors (Lipinski definition) is 9. The minimum atomic E-state index is -4.33. The Morgan fingerprint density at radius 2 is 0.848 bits per heavy atom. The molecule has 3 aromatic carbocycles. The molecule has 3 aliphatic heterocycles. The molecule has 3 atom stereocenters. The second-order valence-corrected chi connectivity index (χ2v) is 32.0. The number of rotatable bonds is 21. The molecule has 0 spiro atoms. The van der Waals surface area contributed by atoms with Crippen molar-refractivity contribution in [2.24, 2.45) is 21.1 Å². The van der Waals surface area contributed by atoms with Crippen LogP contribution in [-0.4, -0.2) is 193 Å². The number of nitrogens with one attached hydrogen (secondary N) is 6. The van der Waals surface area contributed by atoms with E-state index in [1.165, 1.54) is 60.0 Å². The molecule has 9 heterocycles. The van der Waals surface area contributed by atoms with E-state index in [-0.39, 0.29) is 61.0 Å². The van der Waals surface area contributed by atoms with Gasteiger partial charge in [-0.1, -0.05) is 18.2 Å². The monoisotopic (exact) mass is 1510 g/mol. The zero-order valence-corrected chi connectivity index (χ0v) is 62.2. The average molecular weight is 1510 g/mol. The van der Waals surface area contributed by atoms with Crippen LogP contribution in [0.1, 0.15) is 148 Å². The van der Waals surface area contributed by atoms with E-state index >= 15 is 0 Å². The summed E-state index contributed by atoms with van der Waals surface area (Å²) in [4.78, 5) is 59.1. The predicted molar refractivity (Wildman–Crippen MR) is 396 cm³/mol. The van der Waals surface area contributed by atoms with Gasteiger partial charge in [-0.3, -0.25) is 53.1 Å². The van der Waals surface area contributed by atoms with Gasteiger partial charge in [-0.05, 0) is 151 Å². The van der Waals surface area contributed by atoms with Crippen LogP contribution < -0.4 is 31.9 Å². The molecule has 9 N–H and O–H groups in total. The molecule has 0 radical (unpaired) electrons. The number of halogens is 5. The van der Waals surface area contributed by atoms with Crippen molar-refractivity contribution in [3.05, 3.63) is 121 Å². The van der Waals surface area contributed by atoms with Crippen LogP contribution in [0.5, 0.6) is 0 Å². The summed E-state index contributed by atoms with van der Waals surface area (Å²) in [6.07, 6.45) is 8.76. The fourth-order valence-corrected chi connectivity index (χ4v) is 18.0. The van der Waals surface area contributed by atoms with E-state index in [1.54, 1.807) is 81.0 Å². The summed E-state index contributed by atoms with van der Waals surface area (Å²) in [5.41, 5.74) is 5.03. The number of benzene rings is 3. The molecular formula is C73H93F5N18O6S3. The summed E-state index contributed by atoms with van der Waals surface area (Å²) in [6, 6.07) is 17.0. The lowest BCUT2D eigenvalue weighted by atomic mass is 9.80. The third-order valence-electron chi connectivity index (χ3n) is 22.1. The van der Waals surface area contributed by atoms with Crippen molar-refractivity contribution in [2.75, 3.05) is 74.9 Å². The zero-order chi connectivity index (χ0) is 74.1. The van der Waals surface area contributed by atoms with Crippen LogP contribution in [0.3, 0.4) is 0 Å². The number of carbonyl (C=O) groups is 3. The summed E-state index contributed by atoms with van der Waals surface area (Å²) >= 11 is 4.54. The Kier molecular flexibility index (Phi) is 22.7. The second kappa shape index (κ2) is 31.6. The smallest absolute Gasteiger partial charge is 0.384 e. The van der Waals surface area contributed by atoms with Gasteiger partial charge in [0.15, 0.2) is 17.5 Å². The van der Waals surface area contributed by atoms with Gasteiger partial charge in [0.05, 0.1) is 81.0 Å². The number of carbonyl (C=O) groups excluding carboxylic acids is 3. The van der Waals surface area contributed by atoms with Crippen LogP contribution in [0.2, 0.25) is 0 Å². The molecule has 105 heavy (non-hydrogen) atoms. The molecule has 3 saturated carbocycles. The Morgan fingerprint density at radius 3 is 1.15 bits per heavy atom. The molecule has 564 valence electrons. The Hall–Kier alpha value is -7.82. The maximum absolute atomic E-state index is 13.7. The maximum Gasteiger partial charge on any atom is 0.395 e. The number of amides is 3. The van der Waals surface area contributed by atoms with Crippen LogP contribution in [0.15, 0.2) is 89.6 Å². The van der Waals surface area contributed by atoms with Gasteiger partial charge >= 0.3 is 6.18 Å². The lowest BCUT2D eigenvalue weighted by molar-refractivity contribution is -0.146. The Morgan fingerprint density at radius 1 is 0.514 bits per heavy atom. The summed E-state index contributed by atoms with van der Waals surface area (Å²) in [7, 11) is 5.38. The molecule has 3 amide bonds. The average Bonchev–Trinajstić information content (AvgIpc) is 1.78. The standard InChI is InChI=1S/C25H31F3N6O2S.2C24H31FN6O2S/c1-15(25(26,27)28)16-3-4-20-19(9-16)23(32-33(20)2)30-11-22(35)31-17-12-34(13-17)18-5-7-24(36,8-6-18)21-10-29-14-37-21;1-15(25)16-3-4-20-19(9-16)23(29-30(20)2)27-11-22(32)28-17-12-31(13-17)18-5-7-24(33,8-6-18)21-10-26-14-34-21;1-15(25)16-3-4-20-19(11-16)22(29-30(20)2)27-12-21(32)28-17-13-31(14-17)18-5-7-24(33,8-6-18)23-26-9-10-34-23/h3-4,9-10,14-15,17-18,36H,5-8,11-13H2,1-2H3,(H,30,32)(H,31,35);3-4,9-10,14-15,17-18,33H,5-8,11-13H2,1-2H3,(H,27,29)(H,28,32);3-4,9-11,15,17-18,33H,5-8,12-14H2,1-2H3,(H,27,29)(H,28,32). The minimum absolute atomic E-state index is 0.0209. The van der Waals surface area contributed by atoms with Crippen molar-refractivity contribution in [3.8, 4) is 0 Å². The van der Waals surface area contributed by atoms with Gasteiger partial charge in [0, 0.05) is 119 Å². The lowest BCUT2D eigenvalue weighted by Gasteiger charge is -2.48. The van der Waals surface area contributed by atoms with Crippen LogP contribution >= 0.6 is 34.0 Å². The molecular weight excluding hydrogens is 1420 g/mol. The number of aromatic nitrogens is 9.